The molecular weight excluding hydrogens is 885 g/mol. The molecule has 0 radical (unpaired) electrons. The van der Waals surface area contributed by atoms with Gasteiger partial charge in [0, 0.05) is 13.2 Å². The SMILES string of the molecule is CCCCCCCCC(CCCCCCCC)C(=O)OCCCCCCOCC(COCCOCCOCCOCCO)OCCCCCCOC(=O)C(CCCCCCCC)CCCCCCCC. The summed E-state index contributed by atoms with van der Waals surface area (Å²) >= 11 is 0. The third-order valence-corrected chi connectivity index (χ3v) is 13.3. The molecule has 0 fully saturated rings. The van der Waals surface area contributed by atoms with Gasteiger partial charge < -0.3 is 43.0 Å². The maximum absolute atomic E-state index is 13.1. The van der Waals surface area contributed by atoms with Gasteiger partial charge in [-0.05, 0) is 64.2 Å². The van der Waals surface area contributed by atoms with Crippen LogP contribution in [0.4, 0.5) is 0 Å². The molecule has 0 aromatic rings. The number of ether oxygens (including phenoxy) is 8. The maximum Gasteiger partial charge on any atom is 0.308 e. The van der Waals surface area contributed by atoms with E-state index in [0.29, 0.717) is 85.9 Å². The second-order valence-electron chi connectivity index (χ2n) is 20.0. The molecule has 1 unspecified atom stereocenters. The predicted molar refractivity (Wildman–Crippen MR) is 289 cm³/mol. The molecule has 0 aliphatic heterocycles. The van der Waals surface area contributed by atoms with Gasteiger partial charge in [-0.25, -0.2) is 0 Å². The average molecular weight is 1000 g/mol. The van der Waals surface area contributed by atoms with Crippen molar-refractivity contribution in [1.82, 2.24) is 0 Å². The van der Waals surface area contributed by atoms with Crippen LogP contribution in [0.2, 0.25) is 0 Å². The molecule has 1 atom stereocenters. The molecule has 1 N–H and O–H groups in total. The minimum atomic E-state index is -0.168. The first kappa shape index (κ1) is 68.7. The van der Waals surface area contributed by atoms with E-state index in [1.54, 1.807) is 0 Å². The Balaban J connectivity index is 4.66. The van der Waals surface area contributed by atoms with E-state index < -0.39 is 0 Å². The fraction of sp³-hybridized carbons (Fsp3) is 0.966. The molecule has 0 amide bonds. The standard InChI is InChI=1S/C59H116O11/c1-5-9-13-17-21-29-37-55(38-30-22-18-14-10-6-2)58(61)69-44-35-26-25-33-42-66-53-57(54-67-52-51-65-50-49-64-48-47-63-46-41-60)68-43-34-27-28-36-45-70-59(62)56(39-31-23-19-15-11-7-3)40-32-24-20-16-12-8-4/h55-57,60H,5-54H2,1-4H3. The quantitative estimate of drug-likeness (QED) is 0.0462. The van der Waals surface area contributed by atoms with Crippen LogP contribution in [-0.4, -0.2) is 116 Å². The monoisotopic (exact) mass is 1000 g/mol. The Bertz CT molecular complexity index is 1000. The number of hydrogen-bond acceptors (Lipinski definition) is 11. The molecule has 418 valence electrons. The Labute approximate surface area is 432 Å². The van der Waals surface area contributed by atoms with Crippen LogP contribution in [0, 0.1) is 11.8 Å². The van der Waals surface area contributed by atoms with E-state index in [1.807, 2.05) is 0 Å². The highest BCUT2D eigenvalue weighted by molar-refractivity contribution is 5.72. The number of aliphatic hydroxyl groups excluding tert-OH is 1. The lowest BCUT2D eigenvalue weighted by Crippen LogP contribution is -2.27. The van der Waals surface area contributed by atoms with Crippen LogP contribution in [0.5, 0.6) is 0 Å². The number of esters is 2. The fourth-order valence-corrected chi connectivity index (χ4v) is 8.79. The molecule has 0 saturated heterocycles. The number of unbranched alkanes of at least 4 members (excludes halogenated alkanes) is 26. The second-order valence-corrected chi connectivity index (χ2v) is 20.0. The molecule has 0 heterocycles. The normalized spacial score (nSPS) is 12.2. The average Bonchev–Trinajstić information content (AvgIpc) is 3.36. The van der Waals surface area contributed by atoms with Gasteiger partial charge in [0.25, 0.3) is 0 Å². The van der Waals surface area contributed by atoms with Gasteiger partial charge in [0.2, 0.25) is 0 Å². The molecule has 0 aliphatic carbocycles. The van der Waals surface area contributed by atoms with Gasteiger partial charge in [0.15, 0.2) is 0 Å². The summed E-state index contributed by atoms with van der Waals surface area (Å²) < 4.78 is 46.4. The Morgan fingerprint density at radius 1 is 0.314 bits per heavy atom. The van der Waals surface area contributed by atoms with Crippen molar-refractivity contribution in [1.29, 1.82) is 0 Å². The van der Waals surface area contributed by atoms with E-state index in [9.17, 15) is 9.59 Å². The van der Waals surface area contributed by atoms with Crippen LogP contribution in [0.25, 0.3) is 0 Å². The lowest BCUT2D eigenvalue weighted by Gasteiger charge is -2.19. The first-order valence-electron chi connectivity index (χ1n) is 30.0. The Morgan fingerprint density at radius 2 is 0.600 bits per heavy atom. The number of carbonyl (C=O) groups excluding carboxylic acids is 2. The molecule has 0 aliphatic rings. The molecule has 0 saturated carbocycles. The molecule has 0 spiro atoms. The van der Waals surface area contributed by atoms with Crippen molar-refractivity contribution in [3.63, 3.8) is 0 Å². The summed E-state index contributed by atoms with van der Waals surface area (Å²) in [5.74, 6) is 0.155. The van der Waals surface area contributed by atoms with Crippen LogP contribution in [0.3, 0.4) is 0 Å². The molecule has 0 rings (SSSR count). The fourth-order valence-electron chi connectivity index (χ4n) is 8.79. The Morgan fingerprint density at radius 3 is 0.971 bits per heavy atom. The predicted octanol–water partition coefficient (Wildman–Crippen LogP) is 14.9. The zero-order valence-corrected chi connectivity index (χ0v) is 46.6. The third kappa shape index (κ3) is 50.2. The minimum Gasteiger partial charge on any atom is -0.465 e. The summed E-state index contributed by atoms with van der Waals surface area (Å²) in [6.07, 6.45) is 41.4. The van der Waals surface area contributed by atoms with Crippen molar-refractivity contribution < 1.29 is 52.6 Å². The summed E-state index contributed by atoms with van der Waals surface area (Å²) in [7, 11) is 0. The molecule has 0 aromatic carbocycles. The topological polar surface area (TPSA) is 128 Å². The minimum absolute atomic E-state index is 0.0146. The highest BCUT2D eigenvalue weighted by Crippen LogP contribution is 2.23. The Kier molecular flexibility index (Phi) is 57.4. The van der Waals surface area contributed by atoms with Crippen molar-refractivity contribution in [2.24, 2.45) is 11.8 Å². The van der Waals surface area contributed by atoms with E-state index in [0.717, 1.165) is 103 Å². The number of carbonyl (C=O) groups is 2. The molecule has 11 nitrogen and oxygen atoms in total. The van der Waals surface area contributed by atoms with Gasteiger partial charge in [0.1, 0.15) is 6.10 Å². The van der Waals surface area contributed by atoms with E-state index in [4.69, 9.17) is 43.0 Å². The van der Waals surface area contributed by atoms with Crippen molar-refractivity contribution >= 4 is 11.9 Å². The van der Waals surface area contributed by atoms with Crippen LogP contribution >= 0.6 is 0 Å². The molecule has 70 heavy (non-hydrogen) atoms. The van der Waals surface area contributed by atoms with Gasteiger partial charge in [-0.3, -0.25) is 9.59 Å². The highest BCUT2D eigenvalue weighted by Gasteiger charge is 2.21. The maximum atomic E-state index is 13.1. The van der Waals surface area contributed by atoms with Crippen LogP contribution < -0.4 is 0 Å². The second kappa shape index (κ2) is 58.5. The van der Waals surface area contributed by atoms with Crippen molar-refractivity contribution in [2.45, 2.75) is 265 Å². The highest BCUT2D eigenvalue weighted by atomic mass is 16.6. The van der Waals surface area contributed by atoms with E-state index in [2.05, 4.69) is 27.7 Å². The lowest BCUT2D eigenvalue weighted by molar-refractivity contribution is -0.150. The van der Waals surface area contributed by atoms with Gasteiger partial charge in [-0.1, -0.05) is 195 Å². The van der Waals surface area contributed by atoms with E-state index in [1.165, 1.54) is 128 Å². The number of aliphatic hydroxyl groups is 1. The molecule has 0 aromatic heterocycles. The first-order valence-corrected chi connectivity index (χ1v) is 30.0. The zero-order chi connectivity index (χ0) is 50.9. The van der Waals surface area contributed by atoms with Crippen LogP contribution in [0.1, 0.15) is 259 Å². The van der Waals surface area contributed by atoms with Crippen molar-refractivity contribution in [2.75, 3.05) is 92.5 Å². The van der Waals surface area contributed by atoms with E-state index in [-0.39, 0.29) is 36.5 Å². The summed E-state index contributed by atoms with van der Waals surface area (Å²) in [6.45, 7) is 15.4. The zero-order valence-electron chi connectivity index (χ0n) is 46.6. The van der Waals surface area contributed by atoms with Crippen molar-refractivity contribution in [3.05, 3.63) is 0 Å². The number of rotatable bonds is 60. The summed E-state index contributed by atoms with van der Waals surface area (Å²) in [4.78, 5) is 26.3. The van der Waals surface area contributed by atoms with Gasteiger partial charge >= 0.3 is 11.9 Å². The van der Waals surface area contributed by atoms with Crippen LogP contribution in [-0.2, 0) is 47.5 Å². The lowest BCUT2D eigenvalue weighted by atomic mass is 9.94. The van der Waals surface area contributed by atoms with Gasteiger partial charge in [-0.2, -0.15) is 0 Å². The molecular formula is C59H116O11. The summed E-state index contributed by atoms with van der Waals surface area (Å²) in [5.41, 5.74) is 0. The van der Waals surface area contributed by atoms with Crippen LogP contribution in [0.15, 0.2) is 0 Å². The number of hydrogen-bond donors (Lipinski definition) is 1. The summed E-state index contributed by atoms with van der Waals surface area (Å²) in [6, 6.07) is 0. The van der Waals surface area contributed by atoms with Gasteiger partial charge in [0.05, 0.1) is 91.1 Å². The van der Waals surface area contributed by atoms with Gasteiger partial charge in [-0.15, -0.1) is 0 Å². The summed E-state index contributed by atoms with van der Waals surface area (Å²) in [5, 5.41) is 8.79. The smallest absolute Gasteiger partial charge is 0.308 e. The largest absolute Gasteiger partial charge is 0.465 e. The third-order valence-electron chi connectivity index (χ3n) is 13.3. The molecule has 0 bridgehead atoms. The molecule has 11 heteroatoms. The Hall–Kier alpha value is -1.34. The van der Waals surface area contributed by atoms with Crippen molar-refractivity contribution in [3.8, 4) is 0 Å². The van der Waals surface area contributed by atoms with E-state index >= 15 is 0 Å². The first-order chi connectivity index (χ1) is 34.5.